The van der Waals surface area contributed by atoms with Gasteiger partial charge in [0.25, 0.3) is 0 Å². The first kappa shape index (κ1) is 16.2. The summed E-state index contributed by atoms with van der Waals surface area (Å²) in [6, 6.07) is 8.18. The molecular formula is C18H20N8. The molecule has 4 aromatic rings. The topological polar surface area (TPSA) is 86.3 Å². The molecule has 0 aliphatic heterocycles. The van der Waals surface area contributed by atoms with E-state index in [1.165, 1.54) is 0 Å². The maximum absolute atomic E-state index is 4.44. The number of hydrogen-bond donors (Lipinski definition) is 1. The predicted octanol–water partition coefficient (Wildman–Crippen LogP) is 2.85. The van der Waals surface area contributed by atoms with Crippen LogP contribution in [0.4, 0.5) is 11.5 Å². The van der Waals surface area contributed by atoms with Crippen LogP contribution in [0.15, 0.2) is 36.9 Å². The fraction of sp³-hybridized carbons (Fsp3) is 0.278. The lowest BCUT2D eigenvalue weighted by atomic mass is 10.2. The number of hydrogen-bond acceptors (Lipinski definition) is 6. The smallest absolute Gasteiger partial charge is 0.165 e. The van der Waals surface area contributed by atoms with Crippen LogP contribution in [0, 0.1) is 13.8 Å². The van der Waals surface area contributed by atoms with Gasteiger partial charge in [0.1, 0.15) is 18.0 Å². The second kappa shape index (κ2) is 6.55. The number of nitrogens with zero attached hydrogens (tertiary/aromatic N) is 7. The Balaban J connectivity index is 1.61. The van der Waals surface area contributed by atoms with E-state index in [4.69, 9.17) is 0 Å². The van der Waals surface area contributed by atoms with Crippen LogP contribution >= 0.6 is 0 Å². The number of aromatic nitrogens is 7. The third-order valence-electron chi connectivity index (χ3n) is 4.23. The number of fused-ring (bicyclic) bond motifs is 1. The maximum Gasteiger partial charge on any atom is 0.165 e. The molecule has 3 heterocycles. The van der Waals surface area contributed by atoms with Crippen molar-refractivity contribution in [2.45, 2.75) is 33.9 Å². The minimum atomic E-state index is 0.672. The molecule has 4 rings (SSSR count). The van der Waals surface area contributed by atoms with Crippen molar-refractivity contribution in [3.8, 4) is 0 Å². The zero-order chi connectivity index (χ0) is 18.1. The van der Waals surface area contributed by atoms with Gasteiger partial charge in [0.2, 0.25) is 0 Å². The molecule has 0 aliphatic carbocycles. The number of imidazole rings is 1. The maximum atomic E-state index is 4.44. The van der Waals surface area contributed by atoms with Gasteiger partial charge in [-0.25, -0.2) is 24.6 Å². The fourth-order valence-electron chi connectivity index (χ4n) is 2.97. The van der Waals surface area contributed by atoms with Crippen molar-refractivity contribution in [3.05, 3.63) is 54.1 Å². The molecule has 0 radical (unpaired) electrons. The summed E-state index contributed by atoms with van der Waals surface area (Å²) >= 11 is 0. The lowest BCUT2D eigenvalue weighted by Crippen LogP contribution is -2.05. The second-order valence-electron chi connectivity index (χ2n) is 6.11. The molecule has 132 valence electrons. The summed E-state index contributed by atoms with van der Waals surface area (Å²) in [5.74, 6) is 2.39. The standard InChI is InChI=1S/C18H20N8/c1-4-25-11-21-16-17(19-10-20-18(16)25)23-15-7-5-6-14(8-15)9-26-13(3)22-12(2)24-26/h5-8,10-11H,4,9H2,1-3H3,(H,19,20,23). The Kier molecular flexibility index (Phi) is 4.08. The molecule has 1 N–H and O–H groups in total. The van der Waals surface area contributed by atoms with Crippen molar-refractivity contribution < 1.29 is 0 Å². The van der Waals surface area contributed by atoms with Crippen LogP contribution in [0.1, 0.15) is 24.1 Å². The number of benzene rings is 1. The van der Waals surface area contributed by atoms with Gasteiger partial charge < -0.3 is 9.88 Å². The van der Waals surface area contributed by atoms with Crippen LogP contribution < -0.4 is 5.32 Å². The molecule has 8 heteroatoms. The zero-order valence-electron chi connectivity index (χ0n) is 15.0. The van der Waals surface area contributed by atoms with E-state index in [9.17, 15) is 0 Å². The van der Waals surface area contributed by atoms with Gasteiger partial charge in [-0.15, -0.1) is 0 Å². The van der Waals surface area contributed by atoms with Gasteiger partial charge in [-0.1, -0.05) is 12.1 Å². The van der Waals surface area contributed by atoms with Crippen molar-refractivity contribution in [2.24, 2.45) is 0 Å². The van der Waals surface area contributed by atoms with Gasteiger partial charge in [0.05, 0.1) is 12.9 Å². The van der Waals surface area contributed by atoms with Gasteiger partial charge in [0.15, 0.2) is 17.0 Å². The van der Waals surface area contributed by atoms with Crippen molar-refractivity contribution in [1.82, 2.24) is 34.3 Å². The lowest BCUT2D eigenvalue weighted by molar-refractivity contribution is 0.656. The van der Waals surface area contributed by atoms with Gasteiger partial charge in [-0.2, -0.15) is 5.10 Å². The molecule has 8 nitrogen and oxygen atoms in total. The Morgan fingerprint density at radius 3 is 2.77 bits per heavy atom. The van der Waals surface area contributed by atoms with E-state index in [-0.39, 0.29) is 0 Å². The Bertz CT molecular complexity index is 1060. The molecule has 0 amide bonds. The van der Waals surface area contributed by atoms with Crippen LogP contribution in [0.2, 0.25) is 0 Å². The minimum Gasteiger partial charge on any atom is -0.338 e. The summed E-state index contributed by atoms with van der Waals surface area (Å²) < 4.78 is 3.90. The van der Waals surface area contributed by atoms with Crippen LogP contribution in [0.5, 0.6) is 0 Å². The third kappa shape index (κ3) is 3.01. The summed E-state index contributed by atoms with van der Waals surface area (Å²) in [5, 5.41) is 7.78. The minimum absolute atomic E-state index is 0.672. The van der Waals surface area contributed by atoms with Crippen molar-refractivity contribution in [2.75, 3.05) is 5.32 Å². The second-order valence-corrected chi connectivity index (χ2v) is 6.11. The monoisotopic (exact) mass is 348 g/mol. The first-order valence-electron chi connectivity index (χ1n) is 8.54. The molecule has 0 aliphatic rings. The van der Waals surface area contributed by atoms with Gasteiger partial charge in [-0.3, -0.25) is 0 Å². The van der Waals surface area contributed by atoms with Crippen LogP contribution in [-0.4, -0.2) is 34.3 Å². The molecule has 0 saturated heterocycles. The van der Waals surface area contributed by atoms with E-state index in [0.29, 0.717) is 12.4 Å². The Labute approximate surface area is 151 Å². The van der Waals surface area contributed by atoms with E-state index in [1.807, 2.05) is 35.2 Å². The Morgan fingerprint density at radius 2 is 2.00 bits per heavy atom. The third-order valence-corrected chi connectivity index (χ3v) is 4.23. The van der Waals surface area contributed by atoms with Crippen LogP contribution in [0.25, 0.3) is 11.2 Å². The summed E-state index contributed by atoms with van der Waals surface area (Å²) in [6.07, 6.45) is 3.35. The van der Waals surface area contributed by atoms with Crippen molar-refractivity contribution >= 4 is 22.7 Å². The Hall–Kier alpha value is -3.29. The summed E-state index contributed by atoms with van der Waals surface area (Å²) in [5.41, 5.74) is 3.67. The number of nitrogens with one attached hydrogen (secondary N) is 1. The lowest BCUT2D eigenvalue weighted by Gasteiger charge is -2.09. The van der Waals surface area contributed by atoms with E-state index in [0.717, 1.165) is 40.6 Å². The number of anilines is 2. The molecule has 0 fully saturated rings. The SMILES string of the molecule is CCn1cnc2c(Nc3cccc(Cn4nc(C)nc4C)c3)ncnc21. The highest BCUT2D eigenvalue weighted by Gasteiger charge is 2.10. The number of aryl methyl sites for hydroxylation is 3. The normalized spacial score (nSPS) is 11.2. The summed E-state index contributed by atoms with van der Waals surface area (Å²) in [6.45, 7) is 7.42. The summed E-state index contributed by atoms with van der Waals surface area (Å²) in [7, 11) is 0. The average molecular weight is 348 g/mol. The molecular weight excluding hydrogens is 328 g/mol. The predicted molar refractivity (Wildman–Crippen MR) is 99.3 cm³/mol. The quantitative estimate of drug-likeness (QED) is 0.597. The van der Waals surface area contributed by atoms with E-state index in [1.54, 1.807) is 12.7 Å². The van der Waals surface area contributed by atoms with Gasteiger partial charge >= 0.3 is 0 Å². The van der Waals surface area contributed by atoms with E-state index in [2.05, 4.69) is 49.4 Å². The Morgan fingerprint density at radius 1 is 1.12 bits per heavy atom. The van der Waals surface area contributed by atoms with E-state index >= 15 is 0 Å². The number of rotatable bonds is 5. The first-order chi connectivity index (χ1) is 12.6. The summed E-state index contributed by atoms with van der Waals surface area (Å²) in [4.78, 5) is 17.5. The van der Waals surface area contributed by atoms with Crippen molar-refractivity contribution in [3.63, 3.8) is 0 Å². The fourth-order valence-corrected chi connectivity index (χ4v) is 2.97. The van der Waals surface area contributed by atoms with Crippen LogP contribution in [-0.2, 0) is 13.1 Å². The molecule has 0 saturated carbocycles. The molecule has 3 aromatic heterocycles. The molecule has 0 unspecified atom stereocenters. The first-order valence-corrected chi connectivity index (χ1v) is 8.54. The highest BCUT2D eigenvalue weighted by atomic mass is 15.3. The van der Waals surface area contributed by atoms with E-state index < -0.39 is 0 Å². The highest BCUT2D eigenvalue weighted by molar-refractivity contribution is 5.85. The van der Waals surface area contributed by atoms with Crippen molar-refractivity contribution in [1.29, 1.82) is 0 Å². The van der Waals surface area contributed by atoms with Crippen LogP contribution in [0.3, 0.4) is 0 Å². The zero-order valence-corrected chi connectivity index (χ0v) is 15.0. The largest absolute Gasteiger partial charge is 0.338 e. The van der Waals surface area contributed by atoms with Gasteiger partial charge in [0, 0.05) is 12.2 Å². The molecule has 1 aromatic carbocycles. The molecule has 0 spiro atoms. The highest BCUT2D eigenvalue weighted by Crippen LogP contribution is 2.22. The molecule has 0 bridgehead atoms. The molecule has 0 atom stereocenters. The molecule has 26 heavy (non-hydrogen) atoms. The average Bonchev–Trinajstić information content (AvgIpc) is 3.18. The van der Waals surface area contributed by atoms with Gasteiger partial charge in [-0.05, 0) is 38.5 Å².